The number of nitrogens with zero attached hydrogens (tertiary/aromatic N) is 5. The Bertz CT molecular complexity index is 1170. The van der Waals surface area contributed by atoms with E-state index in [-0.39, 0.29) is 11.4 Å². The second-order valence-corrected chi connectivity index (χ2v) is 6.55. The normalized spacial score (nSPS) is 11.6. The molecule has 0 unspecified atom stereocenters. The van der Waals surface area contributed by atoms with Crippen LogP contribution < -0.4 is 5.43 Å². The molecule has 3 rings (SSSR count). The van der Waals surface area contributed by atoms with Gasteiger partial charge in [0.25, 0.3) is 5.69 Å². The van der Waals surface area contributed by atoms with E-state index < -0.39 is 15.5 Å². The largest absolute Gasteiger partial charge is 0.301 e. The molecule has 0 aliphatic carbocycles. The Morgan fingerprint density at radius 2 is 1.90 bits per heavy atom. The molecule has 0 atom stereocenters. The Hall–Kier alpha value is -4.34. The number of nitrogens with one attached hydrogen (secondary N) is 1. The number of nitro groups is 2. The average molecular weight is 420 g/mol. The molecular formula is C21H20N6O4. The Morgan fingerprint density at radius 3 is 2.52 bits per heavy atom. The minimum atomic E-state index is -0.689. The predicted molar refractivity (Wildman–Crippen MR) is 118 cm³/mol. The van der Waals surface area contributed by atoms with Crippen molar-refractivity contribution in [1.29, 1.82) is 0 Å². The van der Waals surface area contributed by atoms with Gasteiger partial charge in [0.15, 0.2) is 0 Å². The fourth-order valence-electron chi connectivity index (χ4n) is 2.83. The second kappa shape index (κ2) is 9.44. The van der Waals surface area contributed by atoms with Crippen molar-refractivity contribution in [2.24, 2.45) is 5.10 Å². The van der Waals surface area contributed by atoms with Crippen LogP contribution in [0.2, 0.25) is 0 Å². The molecule has 0 spiro atoms. The third kappa shape index (κ3) is 5.18. The third-order valence-corrected chi connectivity index (χ3v) is 4.48. The zero-order valence-electron chi connectivity index (χ0n) is 16.9. The number of anilines is 1. The highest BCUT2D eigenvalue weighted by Gasteiger charge is 2.19. The number of benzene rings is 2. The van der Waals surface area contributed by atoms with Gasteiger partial charge < -0.3 is 0 Å². The van der Waals surface area contributed by atoms with Gasteiger partial charge in [-0.05, 0) is 32.1 Å². The van der Waals surface area contributed by atoms with Gasteiger partial charge >= 0.3 is 5.69 Å². The summed E-state index contributed by atoms with van der Waals surface area (Å²) >= 11 is 0. The molecular weight excluding hydrogens is 400 g/mol. The lowest BCUT2D eigenvalue weighted by Crippen LogP contribution is -2.03. The molecule has 1 N–H and O–H groups in total. The summed E-state index contributed by atoms with van der Waals surface area (Å²) in [6.07, 6.45) is 5.57. The number of nitro benzene ring substituents is 2. The molecule has 2 aromatic carbocycles. The molecule has 0 fully saturated rings. The van der Waals surface area contributed by atoms with Crippen molar-refractivity contribution in [3.63, 3.8) is 0 Å². The van der Waals surface area contributed by atoms with Crippen molar-refractivity contribution in [1.82, 2.24) is 9.78 Å². The molecule has 0 bridgehead atoms. The standard InChI is InChI=1S/C21H20N6O4/c1-3-25-14-17(15(2)24-25)9-11-19(16-7-5-4-6-8-16)22-23-20-12-10-18(26(28)29)13-21(20)27(30)31/h4-14,23H,3H2,1-2H3/b11-9+,22-19+. The van der Waals surface area contributed by atoms with Gasteiger partial charge in [-0.3, -0.25) is 30.3 Å². The lowest BCUT2D eigenvalue weighted by Gasteiger charge is -2.05. The lowest BCUT2D eigenvalue weighted by molar-refractivity contribution is -0.393. The van der Waals surface area contributed by atoms with Crippen LogP contribution in [0.1, 0.15) is 23.7 Å². The highest BCUT2D eigenvalue weighted by Crippen LogP contribution is 2.29. The van der Waals surface area contributed by atoms with Crippen molar-refractivity contribution < 1.29 is 9.85 Å². The van der Waals surface area contributed by atoms with E-state index >= 15 is 0 Å². The molecule has 1 heterocycles. The zero-order chi connectivity index (χ0) is 22.4. The van der Waals surface area contributed by atoms with E-state index in [0.29, 0.717) is 5.71 Å². The summed E-state index contributed by atoms with van der Waals surface area (Å²) in [4.78, 5) is 20.9. The zero-order valence-corrected chi connectivity index (χ0v) is 16.9. The number of non-ortho nitro benzene ring substituents is 1. The monoisotopic (exact) mass is 420 g/mol. The molecule has 0 aliphatic heterocycles. The summed E-state index contributed by atoms with van der Waals surface area (Å²) in [5.41, 5.74) is 5.02. The Kier molecular flexibility index (Phi) is 6.51. The maximum atomic E-state index is 11.4. The molecule has 0 aliphatic rings. The molecule has 10 heteroatoms. The van der Waals surface area contributed by atoms with Crippen LogP contribution in [0, 0.1) is 27.2 Å². The van der Waals surface area contributed by atoms with Gasteiger partial charge in [0.2, 0.25) is 0 Å². The van der Waals surface area contributed by atoms with Crippen LogP contribution >= 0.6 is 0 Å². The first kappa shape index (κ1) is 21.4. The fourth-order valence-corrected chi connectivity index (χ4v) is 2.83. The first-order valence-corrected chi connectivity index (χ1v) is 9.43. The van der Waals surface area contributed by atoms with E-state index in [1.807, 2.05) is 61.1 Å². The minimum absolute atomic E-state index is 0.0485. The highest BCUT2D eigenvalue weighted by molar-refractivity contribution is 6.11. The van der Waals surface area contributed by atoms with Crippen LogP contribution in [0.25, 0.3) is 6.08 Å². The molecule has 0 saturated carbocycles. The van der Waals surface area contributed by atoms with Crippen LogP contribution in [-0.4, -0.2) is 25.3 Å². The van der Waals surface area contributed by atoms with Crippen molar-refractivity contribution in [3.8, 4) is 0 Å². The topological polar surface area (TPSA) is 128 Å². The van der Waals surface area contributed by atoms with Gasteiger partial charge in [-0.2, -0.15) is 10.2 Å². The number of aromatic nitrogens is 2. The van der Waals surface area contributed by atoms with Crippen LogP contribution in [0.4, 0.5) is 17.1 Å². The fraction of sp³-hybridized carbons (Fsp3) is 0.143. The van der Waals surface area contributed by atoms with Crippen LogP contribution in [0.15, 0.2) is 65.9 Å². The minimum Gasteiger partial charge on any atom is -0.272 e. The molecule has 1 aromatic heterocycles. The van der Waals surface area contributed by atoms with Gasteiger partial charge in [0.1, 0.15) is 5.69 Å². The third-order valence-electron chi connectivity index (χ3n) is 4.48. The van der Waals surface area contributed by atoms with E-state index in [9.17, 15) is 20.2 Å². The summed E-state index contributed by atoms with van der Waals surface area (Å²) in [6.45, 7) is 4.65. The van der Waals surface area contributed by atoms with E-state index in [4.69, 9.17) is 0 Å². The molecule has 0 amide bonds. The first-order chi connectivity index (χ1) is 14.9. The highest BCUT2D eigenvalue weighted by atomic mass is 16.6. The number of aryl methyl sites for hydroxylation is 2. The number of rotatable bonds is 8. The van der Waals surface area contributed by atoms with Crippen molar-refractivity contribution in [2.45, 2.75) is 20.4 Å². The average Bonchev–Trinajstić information content (AvgIpc) is 3.13. The van der Waals surface area contributed by atoms with Gasteiger partial charge in [0.05, 0.1) is 27.3 Å². The predicted octanol–water partition coefficient (Wildman–Crippen LogP) is 4.56. The smallest absolute Gasteiger partial charge is 0.272 e. The number of hydrazone groups is 1. The van der Waals surface area contributed by atoms with Crippen molar-refractivity contribution >= 4 is 28.8 Å². The second-order valence-electron chi connectivity index (χ2n) is 6.55. The molecule has 0 saturated heterocycles. The van der Waals surface area contributed by atoms with Crippen LogP contribution in [0.3, 0.4) is 0 Å². The summed E-state index contributed by atoms with van der Waals surface area (Å²) < 4.78 is 1.83. The molecule has 10 nitrogen and oxygen atoms in total. The van der Waals surface area contributed by atoms with Gasteiger partial charge in [-0.1, -0.05) is 30.3 Å². The van der Waals surface area contributed by atoms with Crippen LogP contribution in [0.5, 0.6) is 0 Å². The van der Waals surface area contributed by atoms with E-state index in [2.05, 4.69) is 15.6 Å². The van der Waals surface area contributed by atoms with E-state index in [1.54, 1.807) is 6.08 Å². The number of allylic oxidation sites excluding steroid dienone is 1. The van der Waals surface area contributed by atoms with Gasteiger partial charge in [-0.15, -0.1) is 0 Å². The van der Waals surface area contributed by atoms with Gasteiger partial charge in [-0.25, -0.2) is 0 Å². The molecule has 31 heavy (non-hydrogen) atoms. The quantitative estimate of drug-likeness (QED) is 0.323. The van der Waals surface area contributed by atoms with Gasteiger partial charge in [0, 0.05) is 29.9 Å². The van der Waals surface area contributed by atoms with Crippen molar-refractivity contribution in [3.05, 3.63) is 97.9 Å². The molecule has 158 valence electrons. The first-order valence-electron chi connectivity index (χ1n) is 9.43. The SMILES string of the molecule is CCn1cc(/C=C/C(=N\Nc2ccc([N+](=O)[O-])cc2[N+](=O)[O-])c2ccccc2)c(C)n1. The van der Waals surface area contributed by atoms with Crippen LogP contribution in [-0.2, 0) is 6.54 Å². The van der Waals surface area contributed by atoms with E-state index in [0.717, 1.165) is 29.4 Å². The molecule has 0 radical (unpaired) electrons. The Labute approximate surface area is 177 Å². The maximum Gasteiger partial charge on any atom is 0.301 e. The van der Waals surface area contributed by atoms with Crippen molar-refractivity contribution in [2.75, 3.05) is 5.43 Å². The Morgan fingerprint density at radius 1 is 1.16 bits per heavy atom. The summed E-state index contributed by atoms with van der Waals surface area (Å²) in [5, 5.41) is 31.0. The summed E-state index contributed by atoms with van der Waals surface area (Å²) in [6, 6.07) is 12.6. The lowest BCUT2D eigenvalue weighted by atomic mass is 10.1. The summed E-state index contributed by atoms with van der Waals surface area (Å²) in [5.74, 6) is 0. The summed E-state index contributed by atoms with van der Waals surface area (Å²) in [7, 11) is 0. The Balaban J connectivity index is 1.97. The number of hydrogen-bond acceptors (Lipinski definition) is 7. The number of hydrogen-bond donors (Lipinski definition) is 1. The molecule has 3 aromatic rings. The maximum absolute atomic E-state index is 11.4. The van der Waals surface area contributed by atoms with E-state index in [1.165, 1.54) is 12.1 Å².